The van der Waals surface area contributed by atoms with Gasteiger partial charge in [-0.25, -0.2) is 4.39 Å². The van der Waals surface area contributed by atoms with E-state index in [0.29, 0.717) is 23.3 Å². The molecule has 3 rings (SSSR count). The fourth-order valence-electron chi connectivity index (χ4n) is 2.58. The summed E-state index contributed by atoms with van der Waals surface area (Å²) in [5.41, 5.74) is 7.18. The number of hydrogen-bond acceptors (Lipinski definition) is 3. The quantitative estimate of drug-likeness (QED) is 0.671. The monoisotopic (exact) mass is 361 g/mol. The number of rotatable bonds is 7. The molecule has 3 aromatic rings. The summed E-state index contributed by atoms with van der Waals surface area (Å²) in [5, 5.41) is 0. The van der Waals surface area contributed by atoms with Crippen LogP contribution in [-0.2, 0) is 6.42 Å². The molecule has 0 aliphatic carbocycles. The zero-order valence-electron chi connectivity index (χ0n) is 14.6. The first kappa shape index (κ1) is 18.3. The predicted molar refractivity (Wildman–Crippen MR) is 103 cm³/mol. The SMILES string of the molecule is C=Cc1ccc([CH]Cc2ccnc(C(N)=O)c2)c(F)c1Oc1ccccc1. The molecule has 135 valence electrons. The van der Waals surface area contributed by atoms with E-state index in [-0.39, 0.29) is 11.4 Å². The molecular weight excluding hydrogens is 343 g/mol. The first-order chi connectivity index (χ1) is 13.1. The van der Waals surface area contributed by atoms with Gasteiger partial charge in [0.2, 0.25) is 0 Å². The topological polar surface area (TPSA) is 65.2 Å². The Kier molecular flexibility index (Phi) is 5.61. The first-order valence-corrected chi connectivity index (χ1v) is 8.34. The van der Waals surface area contributed by atoms with Crippen molar-refractivity contribution in [2.24, 2.45) is 5.73 Å². The molecule has 0 aliphatic rings. The lowest BCUT2D eigenvalue weighted by Crippen LogP contribution is -2.13. The van der Waals surface area contributed by atoms with Gasteiger partial charge in [-0.1, -0.05) is 43.0 Å². The van der Waals surface area contributed by atoms with Crippen LogP contribution in [0.25, 0.3) is 6.08 Å². The Bertz CT molecular complexity index is 971. The molecule has 1 aromatic heterocycles. The number of ether oxygens (including phenoxy) is 1. The fourth-order valence-corrected chi connectivity index (χ4v) is 2.58. The van der Waals surface area contributed by atoms with E-state index in [1.54, 1.807) is 48.9 Å². The Morgan fingerprint density at radius 3 is 2.59 bits per heavy atom. The highest BCUT2D eigenvalue weighted by atomic mass is 19.1. The minimum Gasteiger partial charge on any atom is -0.454 e. The molecule has 4 nitrogen and oxygen atoms in total. The zero-order valence-corrected chi connectivity index (χ0v) is 14.6. The normalized spacial score (nSPS) is 10.4. The van der Waals surface area contributed by atoms with Gasteiger partial charge in [0, 0.05) is 11.8 Å². The van der Waals surface area contributed by atoms with Crippen LogP contribution in [0.15, 0.2) is 67.4 Å². The summed E-state index contributed by atoms with van der Waals surface area (Å²) in [6.45, 7) is 3.72. The largest absolute Gasteiger partial charge is 0.454 e. The molecule has 2 aromatic carbocycles. The van der Waals surface area contributed by atoms with Gasteiger partial charge in [0.05, 0.1) is 0 Å². The van der Waals surface area contributed by atoms with Crippen molar-refractivity contribution in [3.8, 4) is 11.5 Å². The van der Waals surface area contributed by atoms with Crippen molar-refractivity contribution in [2.45, 2.75) is 6.42 Å². The predicted octanol–water partition coefficient (Wildman–Crippen LogP) is 4.55. The van der Waals surface area contributed by atoms with Crippen molar-refractivity contribution in [3.63, 3.8) is 0 Å². The Morgan fingerprint density at radius 1 is 1.15 bits per heavy atom. The average Bonchev–Trinajstić information content (AvgIpc) is 2.69. The number of carbonyl (C=O) groups is 1. The molecule has 0 unspecified atom stereocenters. The van der Waals surface area contributed by atoms with Gasteiger partial charge in [-0.15, -0.1) is 0 Å². The van der Waals surface area contributed by atoms with E-state index in [1.165, 1.54) is 6.20 Å². The van der Waals surface area contributed by atoms with Crippen LogP contribution >= 0.6 is 0 Å². The van der Waals surface area contributed by atoms with Crippen LogP contribution in [0, 0.1) is 12.2 Å². The molecule has 0 aliphatic heterocycles. The molecular formula is C22H18FN2O2. The number of para-hydroxylation sites is 1. The average molecular weight is 361 g/mol. The highest BCUT2D eigenvalue weighted by Gasteiger charge is 2.15. The molecule has 5 heteroatoms. The number of primary amides is 1. The maximum Gasteiger partial charge on any atom is 0.267 e. The van der Waals surface area contributed by atoms with Gasteiger partial charge in [0.15, 0.2) is 11.6 Å². The standard InChI is InChI=1S/C22H18FN2O2/c1-2-16-10-11-17(9-8-15-12-13-25-19(14-15)22(24)26)20(23)21(16)27-18-6-4-3-5-7-18/h2-7,9-14H,1,8H2,(H2,24,26). The lowest BCUT2D eigenvalue weighted by atomic mass is 10.0. The van der Waals surface area contributed by atoms with Gasteiger partial charge in [-0.3, -0.25) is 9.78 Å². The molecule has 2 N–H and O–H groups in total. The van der Waals surface area contributed by atoms with E-state index in [1.807, 2.05) is 18.2 Å². The minimum absolute atomic E-state index is 0.123. The van der Waals surface area contributed by atoms with Crippen LogP contribution in [0.5, 0.6) is 11.5 Å². The summed E-state index contributed by atoms with van der Waals surface area (Å²) >= 11 is 0. The van der Waals surface area contributed by atoms with Crippen LogP contribution < -0.4 is 10.5 Å². The second-order valence-corrected chi connectivity index (χ2v) is 5.83. The van der Waals surface area contributed by atoms with E-state index >= 15 is 4.39 Å². The molecule has 0 spiro atoms. The third-order valence-electron chi connectivity index (χ3n) is 3.97. The smallest absolute Gasteiger partial charge is 0.267 e. The molecule has 27 heavy (non-hydrogen) atoms. The summed E-state index contributed by atoms with van der Waals surface area (Å²) in [6.07, 6.45) is 5.19. The maximum atomic E-state index is 15.0. The molecule has 1 radical (unpaired) electrons. The van der Waals surface area contributed by atoms with Crippen molar-refractivity contribution in [1.82, 2.24) is 4.98 Å². The third kappa shape index (κ3) is 4.39. The van der Waals surface area contributed by atoms with Gasteiger partial charge in [-0.05, 0) is 48.2 Å². The Balaban J connectivity index is 1.84. The van der Waals surface area contributed by atoms with E-state index < -0.39 is 11.7 Å². The number of aromatic nitrogens is 1. The molecule has 0 atom stereocenters. The summed E-state index contributed by atoms with van der Waals surface area (Å²) in [7, 11) is 0. The second kappa shape index (κ2) is 8.27. The number of nitrogens with two attached hydrogens (primary N) is 1. The van der Waals surface area contributed by atoms with Crippen molar-refractivity contribution >= 4 is 12.0 Å². The summed E-state index contributed by atoms with van der Waals surface area (Å²) < 4.78 is 20.8. The van der Waals surface area contributed by atoms with Gasteiger partial charge in [0.1, 0.15) is 11.4 Å². The molecule has 1 heterocycles. The molecule has 0 fully saturated rings. The van der Waals surface area contributed by atoms with Crippen LogP contribution in [0.4, 0.5) is 4.39 Å². The molecule has 1 amide bonds. The van der Waals surface area contributed by atoms with Gasteiger partial charge in [0.25, 0.3) is 5.91 Å². The van der Waals surface area contributed by atoms with E-state index in [0.717, 1.165) is 5.56 Å². The van der Waals surface area contributed by atoms with Crippen molar-refractivity contribution in [2.75, 3.05) is 0 Å². The maximum absolute atomic E-state index is 15.0. The summed E-state index contributed by atoms with van der Waals surface area (Å²) in [4.78, 5) is 15.1. The summed E-state index contributed by atoms with van der Waals surface area (Å²) in [6, 6.07) is 15.8. The number of amides is 1. The first-order valence-electron chi connectivity index (χ1n) is 8.34. The molecule has 0 bridgehead atoms. The van der Waals surface area contributed by atoms with E-state index in [2.05, 4.69) is 11.6 Å². The van der Waals surface area contributed by atoms with Gasteiger partial charge < -0.3 is 10.5 Å². The lowest BCUT2D eigenvalue weighted by Gasteiger charge is -2.13. The Labute approximate surface area is 157 Å². The van der Waals surface area contributed by atoms with Gasteiger partial charge >= 0.3 is 0 Å². The molecule has 0 saturated carbocycles. The van der Waals surface area contributed by atoms with Crippen molar-refractivity contribution in [1.29, 1.82) is 0 Å². The second-order valence-electron chi connectivity index (χ2n) is 5.83. The van der Waals surface area contributed by atoms with Gasteiger partial charge in [-0.2, -0.15) is 0 Å². The highest BCUT2D eigenvalue weighted by Crippen LogP contribution is 2.32. The number of carbonyl (C=O) groups excluding carboxylic acids is 1. The van der Waals surface area contributed by atoms with Crippen molar-refractivity contribution in [3.05, 3.63) is 102 Å². The molecule has 0 saturated heterocycles. The number of benzene rings is 2. The van der Waals surface area contributed by atoms with E-state index in [9.17, 15) is 4.79 Å². The zero-order chi connectivity index (χ0) is 19.2. The van der Waals surface area contributed by atoms with Crippen molar-refractivity contribution < 1.29 is 13.9 Å². The number of hydrogen-bond donors (Lipinski definition) is 1. The highest BCUT2D eigenvalue weighted by molar-refractivity contribution is 5.90. The van der Waals surface area contributed by atoms with Crippen LogP contribution in [0.1, 0.15) is 27.2 Å². The minimum atomic E-state index is -0.600. The van der Waals surface area contributed by atoms with Crippen LogP contribution in [0.2, 0.25) is 0 Å². The number of nitrogens with zero attached hydrogens (tertiary/aromatic N) is 1. The van der Waals surface area contributed by atoms with Crippen LogP contribution in [-0.4, -0.2) is 10.9 Å². The summed E-state index contributed by atoms with van der Waals surface area (Å²) in [5.74, 6) is -0.410. The third-order valence-corrected chi connectivity index (χ3v) is 3.97. The Morgan fingerprint density at radius 2 is 1.89 bits per heavy atom. The fraction of sp³-hybridized carbons (Fsp3) is 0.0455. The van der Waals surface area contributed by atoms with E-state index in [4.69, 9.17) is 10.5 Å². The Hall–Kier alpha value is -3.47. The van der Waals surface area contributed by atoms with Crippen LogP contribution in [0.3, 0.4) is 0 Å². The number of halogens is 1. The number of pyridine rings is 1. The lowest BCUT2D eigenvalue weighted by molar-refractivity contribution is 0.0995.